The fourth-order valence-electron chi connectivity index (χ4n) is 2.64. The number of carbonyl (C=O) groups excluding carboxylic acids is 1. The van der Waals surface area contributed by atoms with Gasteiger partial charge in [-0.25, -0.2) is 13.1 Å². The molecule has 0 aromatic heterocycles. The van der Waals surface area contributed by atoms with Crippen LogP contribution in [0.25, 0.3) is 0 Å². The first-order valence-electron chi connectivity index (χ1n) is 8.13. The molecule has 0 aliphatic carbocycles. The maximum absolute atomic E-state index is 12.5. The van der Waals surface area contributed by atoms with E-state index in [1.165, 1.54) is 19.2 Å². The predicted molar refractivity (Wildman–Crippen MR) is 95.5 cm³/mol. The third-order valence-electron chi connectivity index (χ3n) is 4.04. The molecule has 0 spiro atoms. The molecule has 138 valence electrons. The van der Waals surface area contributed by atoms with Crippen molar-refractivity contribution in [3.05, 3.63) is 54.1 Å². The highest BCUT2D eigenvalue weighted by Gasteiger charge is 2.33. The van der Waals surface area contributed by atoms with Crippen LogP contribution in [0.2, 0.25) is 0 Å². The lowest BCUT2D eigenvalue weighted by atomic mass is 10.1. The zero-order valence-electron chi connectivity index (χ0n) is 14.4. The summed E-state index contributed by atoms with van der Waals surface area (Å²) in [4.78, 5) is 12.6. The number of sulfonamides is 1. The molecule has 7 nitrogen and oxygen atoms in total. The number of amides is 1. The molecule has 1 amide bonds. The molecule has 2 aromatic carbocycles. The minimum atomic E-state index is -3.53. The molecule has 0 fully saturated rings. The van der Waals surface area contributed by atoms with E-state index in [2.05, 4.69) is 10.0 Å². The number of ether oxygens (including phenoxy) is 2. The second-order valence-electron chi connectivity index (χ2n) is 5.88. The Morgan fingerprint density at radius 3 is 2.46 bits per heavy atom. The summed E-state index contributed by atoms with van der Waals surface area (Å²) in [5.41, 5.74) is 0.666. The van der Waals surface area contributed by atoms with Gasteiger partial charge in [0.1, 0.15) is 6.10 Å². The second-order valence-corrected chi connectivity index (χ2v) is 7.77. The number of nitrogens with one attached hydrogen (secondary N) is 2. The largest absolute Gasteiger partial charge is 0.482 e. The average Bonchev–Trinajstić information content (AvgIpc) is 2.65. The molecule has 3 rings (SSSR count). The van der Waals surface area contributed by atoms with Gasteiger partial charge in [0.2, 0.25) is 16.1 Å². The van der Waals surface area contributed by atoms with E-state index in [-0.39, 0.29) is 17.3 Å². The van der Waals surface area contributed by atoms with Gasteiger partial charge in [-0.3, -0.25) is 4.79 Å². The Bertz CT molecular complexity index is 913. The summed E-state index contributed by atoms with van der Waals surface area (Å²) in [6, 6.07) is 13.6. The predicted octanol–water partition coefficient (Wildman–Crippen LogP) is 1.44. The molecule has 2 unspecified atom stereocenters. The number of benzene rings is 2. The Labute approximate surface area is 152 Å². The van der Waals surface area contributed by atoms with E-state index >= 15 is 0 Å². The summed E-state index contributed by atoms with van der Waals surface area (Å²) in [6.45, 7) is 1.94. The first-order chi connectivity index (χ1) is 12.4. The Kier molecular flexibility index (Phi) is 5.15. The highest BCUT2D eigenvalue weighted by atomic mass is 32.2. The number of hydrogen-bond acceptors (Lipinski definition) is 5. The van der Waals surface area contributed by atoms with Crippen LogP contribution in [0.5, 0.6) is 11.5 Å². The van der Waals surface area contributed by atoms with E-state index in [1.807, 2.05) is 6.07 Å². The van der Waals surface area contributed by atoms with Crippen LogP contribution in [0.4, 0.5) is 0 Å². The Morgan fingerprint density at radius 1 is 1.08 bits per heavy atom. The van der Waals surface area contributed by atoms with Crippen molar-refractivity contribution in [1.82, 2.24) is 10.0 Å². The van der Waals surface area contributed by atoms with Crippen molar-refractivity contribution in [2.75, 3.05) is 7.05 Å². The summed E-state index contributed by atoms with van der Waals surface area (Å²) >= 11 is 0. The summed E-state index contributed by atoms with van der Waals surface area (Å²) in [5.74, 6) is 0.802. The first kappa shape index (κ1) is 18.2. The van der Waals surface area contributed by atoms with Crippen molar-refractivity contribution in [3.63, 3.8) is 0 Å². The fourth-order valence-corrected chi connectivity index (χ4v) is 3.44. The molecule has 0 radical (unpaired) electrons. The molecule has 26 heavy (non-hydrogen) atoms. The molecule has 2 atom stereocenters. The zero-order chi connectivity index (χ0) is 18.7. The van der Waals surface area contributed by atoms with Gasteiger partial charge in [-0.1, -0.05) is 24.3 Å². The summed E-state index contributed by atoms with van der Waals surface area (Å²) in [5, 5.41) is 2.77. The number of hydrogen-bond donors (Lipinski definition) is 2. The third-order valence-corrected chi connectivity index (χ3v) is 5.46. The van der Waals surface area contributed by atoms with E-state index in [4.69, 9.17) is 9.47 Å². The highest BCUT2D eigenvalue weighted by Crippen LogP contribution is 2.33. The van der Waals surface area contributed by atoms with Crippen molar-refractivity contribution in [3.8, 4) is 11.5 Å². The Balaban J connectivity index is 1.67. The average molecular weight is 376 g/mol. The third kappa shape index (κ3) is 3.81. The Hall–Kier alpha value is -2.58. The lowest BCUT2D eigenvalue weighted by molar-refractivity contribution is -0.133. The van der Waals surface area contributed by atoms with E-state index in [1.54, 1.807) is 37.3 Å². The van der Waals surface area contributed by atoms with Gasteiger partial charge in [-0.2, -0.15) is 0 Å². The summed E-state index contributed by atoms with van der Waals surface area (Å²) in [6.07, 6.45) is -1.23. The first-order valence-corrected chi connectivity index (χ1v) is 9.61. The summed E-state index contributed by atoms with van der Waals surface area (Å²) < 4.78 is 37.5. The molecular formula is C18H20N2O5S. The zero-order valence-corrected chi connectivity index (χ0v) is 15.2. The quantitative estimate of drug-likeness (QED) is 0.824. The van der Waals surface area contributed by atoms with Gasteiger partial charge < -0.3 is 14.8 Å². The maximum Gasteiger partial charge on any atom is 0.265 e. The lowest BCUT2D eigenvalue weighted by Crippen LogP contribution is -2.48. The van der Waals surface area contributed by atoms with Crippen LogP contribution in [0.15, 0.2) is 53.4 Å². The van der Waals surface area contributed by atoms with Crippen molar-refractivity contribution in [2.24, 2.45) is 0 Å². The molecule has 1 heterocycles. The molecule has 0 saturated heterocycles. The van der Waals surface area contributed by atoms with Gasteiger partial charge in [0.15, 0.2) is 11.5 Å². The minimum absolute atomic E-state index is 0.145. The van der Waals surface area contributed by atoms with Gasteiger partial charge in [0.05, 0.1) is 4.90 Å². The van der Waals surface area contributed by atoms with Crippen molar-refractivity contribution < 1.29 is 22.7 Å². The van der Waals surface area contributed by atoms with Crippen LogP contribution in [0.3, 0.4) is 0 Å². The number of rotatable bonds is 5. The fraction of sp³-hybridized carbons (Fsp3) is 0.278. The standard InChI is InChI=1S/C18H20N2O5S/c1-12-17(25-16-9-4-3-8-15(16)24-12)18(21)20-11-13-6-5-7-14(10-13)26(22,23)19-2/h3-10,12,17,19H,11H2,1-2H3,(H,20,21). The number of fused-ring (bicyclic) bond motifs is 1. The molecule has 1 aliphatic rings. The Morgan fingerprint density at radius 2 is 1.77 bits per heavy atom. The maximum atomic E-state index is 12.5. The normalized spacial score (nSPS) is 19.0. The van der Waals surface area contributed by atoms with E-state index in [0.29, 0.717) is 17.1 Å². The van der Waals surface area contributed by atoms with Crippen LogP contribution in [0.1, 0.15) is 12.5 Å². The smallest absolute Gasteiger partial charge is 0.265 e. The molecule has 2 aromatic rings. The van der Waals surface area contributed by atoms with Crippen LogP contribution in [0, 0.1) is 0 Å². The molecule has 1 aliphatic heterocycles. The van der Waals surface area contributed by atoms with Crippen molar-refractivity contribution >= 4 is 15.9 Å². The van der Waals surface area contributed by atoms with Crippen LogP contribution in [-0.2, 0) is 21.4 Å². The van der Waals surface area contributed by atoms with Gasteiger partial charge in [-0.15, -0.1) is 0 Å². The second kappa shape index (κ2) is 7.35. The van der Waals surface area contributed by atoms with Crippen LogP contribution in [-0.4, -0.2) is 33.6 Å². The van der Waals surface area contributed by atoms with Crippen molar-refractivity contribution in [2.45, 2.75) is 30.6 Å². The topological polar surface area (TPSA) is 93.7 Å². The van der Waals surface area contributed by atoms with Gasteiger partial charge in [0, 0.05) is 6.54 Å². The van der Waals surface area contributed by atoms with E-state index < -0.39 is 22.2 Å². The van der Waals surface area contributed by atoms with Crippen LogP contribution < -0.4 is 19.5 Å². The van der Waals surface area contributed by atoms with Gasteiger partial charge in [-0.05, 0) is 43.8 Å². The lowest BCUT2D eigenvalue weighted by Gasteiger charge is -2.31. The molecule has 2 N–H and O–H groups in total. The number of para-hydroxylation sites is 2. The molecular weight excluding hydrogens is 356 g/mol. The monoisotopic (exact) mass is 376 g/mol. The molecule has 0 bridgehead atoms. The molecule has 8 heteroatoms. The van der Waals surface area contributed by atoms with Gasteiger partial charge >= 0.3 is 0 Å². The molecule has 0 saturated carbocycles. The van der Waals surface area contributed by atoms with Crippen LogP contribution >= 0.6 is 0 Å². The highest BCUT2D eigenvalue weighted by molar-refractivity contribution is 7.89. The summed E-state index contributed by atoms with van der Waals surface area (Å²) in [7, 11) is -2.18. The van der Waals surface area contributed by atoms with Gasteiger partial charge in [0.25, 0.3) is 5.91 Å². The number of carbonyl (C=O) groups is 1. The van der Waals surface area contributed by atoms with E-state index in [0.717, 1.165) is 0 Å². The minimum Gasteiger partial charge on any atom is -0.482 e. The van der Waals surface area contributed by atoms with Crippen molar-refractivity contribution in [1.29, 1.82) is 0 Å². The van der Waals surface area contributed by atoms with E-state index in [9.17, 15) is 13.2 Å². The SMILES string of the molecule is CNS(=O)(=O)c1cccc(CNC(=O)C2Oc3ccccc3OC2C)c1.